The number of nitrogens with zero attached hydrogens (tertiary/aromatic N) is 1. The number of allylic oxidation sites excluding steroid dienone is 3. The molecule has 5 nitrogen and oxygen atoms in total. The third kappa shape index (κ3) is 3.72. The van der Waals surface area contributed by atoms with E-state index in [9.17, 15) is 10.1 Å². The lowest BCUT2D eigenvalue weighted by Gasteiger charge is -2.30. The van der Waals surface area contributed by atoms with E-state index in [1.807, 2.05) is 30.3 Å². The summed E-state index contributed by atoms with van der Waals surface area (Å²) in [5.74, 6) is 1.22. The Morgan fingerprint density at radius 2 is 2.03 bits per heavy atom. The number of hydrogen-bond donors (Lipinski definition) is 1. The number of halogens is 1. The van der Waals surface area contributed by atoms with Gasteiger partial charge >= 0.3 is 0 Å². The van der Waals surface area contributed by atoms with Gasteiger partial charge in [0.25, 0.3) is 0 Å². The number of nitriles is 1. The van der Waals surface area contributed by atoms with Gasteiger partial charge in [0.1, 0.15) is 23.1 Å². The van der Waals surface area contributed by atoms with Crippen LogP contribution in [-0.2, 0) is 4.79 Å². The Morgan fingerprint density at radius 1 is 1.21 bits per heavy atom. The van der Waals surface area contributed by atoms with Crippen molar-refractivity contribution in [1.82, 2.24) is 5.32 Å². The van der Waals surface area contributed by atoms with E-state index in [0.717, 1.165) is 29.7 Å². The molecule has 1 N–H and O–H groups in total. The van der Waals surface area contributed by atoms with Gasteiger partial charge in [-0.05, 0) is 30.5 Å². The number of carbonyl (C=O) groups is 1. The van der Waals surface area contributed by atoms with Crippen LogP contribution in [0.4, 0.5) is 0 Å². The highest BCUT2D eigenvalue weighted by Crippen LogP contribution is 2.45. The molecule has 0 amide bonds. The van der Waals surface area contributed by atoms with E-state index in [1.165, 1.54) is 0 Å². The molecule has 0 radical (unpaired) electrons. The standard InChI is InChI=1S/C23H19ClN2O3/c1-28-16-9-10-18-21(12-16)29-23(26-14-5-4-6-15(27)11-14)19(13-25)22(18)17-7-2-3-8-20(17)24/h2-3,7-12,22,26H,4-6H2,1H3. The third-order valence-corrected chi connectivity index (χ3v) is 5.44. The van der Waals surface area contributed by atoms with Crippen molar-refractivity contribution >= 4 is 17.4 Å². The number of ketones is 1. The number of fused-ring (bicyclic) bond motifs is 1. The van der Waals surface area contributed by atoms with Gasteiger partial charge in [0, 0.05) is 34.8 Å². The SMILES string of the molecule is COc1ccc2c(c1)OC(NC1=CC(=O)CCC1)=C(C#N)C2c1ccccc1Cl. The first-order chi connectivity index (χ1) is 14.1. The van der Waals surface area contributed by atoms with Gasteiger partial charge in [-0.3, -0.25) is 4.79 Å². The molecule has 0 spiro atoms. The zero-order valence-electron chi connectivity index (χ0n) is 15.9. The summed E-state index contributed by atoms with van der Waals surface area (Å²) in [5.41, 5.74) is 2.80. The molecule has 0 saturated carbocycles. The Labute approximate surface area is 174 Å². The molecule has 1 heterocycles. The first-order valence-corrected chi connectivity index (χ1v) is 9.73. The van der Waals surface area contributed by atoms with E-state index in [2.05, 4.69) is 11.4 Å². The van der Waals surface area contributed by atoms with Crippen LogP contribution in [-0.4, -0.2) is 12.9 Å². The van der Waals surface area contributed by atoms with Crippen LogP contribution >= 0.6 is 11.6 Å². The van der Waals surface area contributed by atoms with E-state index >= 15 is 0 Å². The zero-order chi connectivity index (χ0) is 20.4. The molecule has 1 aliphatic carbocycles. The van der Waals surface area contributed by atoms with Crippen molar-refractivity contribution in [3.05, 3.63) is 81.8 Å². The maximum absolute atomic E-state index is 11.8. The Morgan fingerprint density at radius 3 is 2.76 bits per heavy atom. The summed E-state index contributed by atoms with van der Waals surface area (Å²) in [6, 6.07) is 15.3. The van der Waals surface area contributed by atoms with Crippen LogP contribution in [0, 0.1) is 11.3 Å². The molecule has 1 aliphatic heterocycles. The number of benzene rings is 2. The summed E-state index contributed by atoms with van der Waals surface area (Å²) < 4.78 is 11.4. The smallest absolute Gasteiger partial charge is 0.212 e. The highest BCUT2D eigenvalue weighted by molar-refractivity contribution is 6.31. The van der Waals surface area contributed by atoms with Crippen molar-refractivity contribution in [3.8, 4) is 17.6 Å². The Kier molecular flexibility index (Phi) is 5.28. The van der Waals surface area contributed by atoms with E-state index < -0.39 is 5.92 Å². The first kappa shape index (κ1) is 19.1. The lowest BCUT2D eigenvalue weighted by Crippen LogP contribution is -2.27. The van der Waals surface area contributed by atoms with Gasteiger partial charge < -0.3 is 14.8 Å². The second kappa shape index (κ2) is 8.02. The first-order valence-electron chi connectivity index (χ1n) is 9.35. The van der Waals surface area contributed by atoms with E-state index in [1.54, 1.807) is 25.3 Å². The number of ether oxygens (including phenoxy) is 2. The molecule has 0 fully saturated rings. The topological polar surface area (TPSA) is 71.3 Å². The maximum Gasteiger partial charge on any atom is 0.212 e. The summed E-state index contributed by atoms with van der Waals surface area (Å²) in [5, 5.41) is 13.8. The molecular formula is C23H19ClN2O3. The van der Waals surface area contributed by atoms with Crippen LogP contribution in [0.3, 0.4) is 0 Å². The predicted octanol–water partition coefficient (Wildman–Crippen LogP) is 4.83. The zero-order valence-corrected chi connectivity index (χ0v) is 16.6. The molecule has 0 saturated heterocycles. The molecule has 0 aromatic heterocycles. The van der Waals surface area contributed by atoms with Crippen molar-refractivity contribution in [2.45, 2.75) is 25.2 Å². The summed E-state index contributed by atoms with van der Waals surface area (Å²) >= 11 is 6.49. The minimum absolute atomic E-state index is 0.0680. The number of carbonyl (C=O) groups excluding carboxylic acids is 1. The molecular weight excluding hydrogens is 388 g/mol. The highest BCUT2D eigenvalue weighted by atomic mass is 35.5. The number of nitrogens with one attached hydrogen (secondary N) is 1. The quantitative estimate of drug-likeness (QED) is 0.787. The van der Waals surface area contributed by atoms with Crippen molar-refractivity contribution in [3.63, 3.8) is 0 Å². The minimum Gasteiger partial charge on any atom is -0.497 e. The fraction of sp³-hybridized carbons (Fsp3) is 0.217. The molecule has 6 heteroatoms. The van der Waals surface area contributed by atoms with Gasteiger partial charge in [-0.1, -0.05) is 35.9 Å². The number of hydrogen-bond acceptors (Lipinski definition) is 5. The van der Waals surface area contributed by atoms with Crippen LogP contribution in [0.15, 0.2) is 65.7 Å². The van der Waals surface area contributed by atoms with Crippen LogP contribution in [0.5, 0.6) is 11.5 Å². The Bertz CT molecular complexity index is 1080. The van der Waals surface area contributed by atoms with Crippen molar-refractivity contribution in [2.75, 3.05) is 7.11 Å². The maximum atomic E-state index is 11.8. The normalized spacial score (nSPS) is 18.3. The number of rotatable bonds is 4. The Hall–Kier alpha value is -3.23. The average Bonchev–Trinajstić information content (AvgIpc) is 2.73. The molecule has 4 rings (SSSR count). The summed E-state index contributed by atoms with van der Waals surface area (Å²) in [6.45, 7) is 0. The van der Waals surface area contributed by atoms with E-state index in [4.69, 9.17) is 21.1 Å². The van der Waals surface area contributed by atoms with Gasteiger partial charge in [-0.2, -0.15) is 5.26 Å². The van der Waals surface area contributed by atoms with Gasteiger partial charge in [-0.15, -0.1) is 0 Å². The Balaban J connectivity index is 1.86. The van der Waals surface area contributed by atoms with E-state index in [-0.39, 0.29) is 5.78 Å². The van der Waals surface area contributed by atoms with Crippen molar-refractivity contribution in [2.24, 2.45) is 0 Å². The fourth-order valence-corrected chi connectivity index (χ4v) is 3.94. The molecule has 146 valence electrons. The van der Waals surface area contributed by atoms with E-state index in [0.29, 0.717) is 34.4 Å². The molecule has 1 atom stereocenters. The molecule has 1 unspecified atom stereocenters. The summed E-state index contributed by atoms with van der Waals surface area (Å²) in [6.07, 6.45) is 3.61. The van der Waals surface area contributed by atoms with Crippen LogP contribution in [0.25, 0.3) is 0 Å². The predicted molar refractivity (Wildman–Crippen MR) is 110 cm³/mol. The van der Waals surface area contributed by atoms with Gasteiger partial charge in [0.15, 0.2) is 5.78 Å². The highest BCUT2D eigenvalue weighted by Gasteiger charge is 2.33. The van der Waals surface area contributed by atoms with Crippen LogP contribution in [0.2, 0.25) is 5.02 Å². The lowest BCUT2D eigenvalue weighted by atomic mass is 9.83. The van der Waals surface area contributed by atoms with Crippen LogP contribution < -0.4 is 14.8 Å². The summed E-state index contributed by atoms with van der Waals surface area (Å²) in [7, 11) is 1.59. The van der Waals surface area contributed by atoms with Gasteiger partial charge in [0.05, 0.1) is 13.0 Å². The average molecular weight is 407 g/mol. The molecule has 29 heavy (non-hydrogen) atoms. The van der Waals surface area contributed by atoms with Crippen molar-refractivity contribution in [1.29, 1.82) is 5.26 Å². The summed E-state index contributed by atoms with van der Waals surface area (Å²) in [4.78, 5) is 11.8. The second-order valence-electron chi connectivity index (χ2n) is 6.93. The van der Waals surface area contributed by atoms with Gasteiger partial charge in [-0.25, -0.2) is 0 Å². The monoisotopic (exact) mass is 406 g/mol. The van der Waals surface area contributed by atoms with Gasteiger partial charge in [0.2, 0.25) is 5.88 Å². The molecule has 2 aliphatic rings. The third-order valence-electron chi connectivity index (χ3n) is 5.09. The second-order valence-corrected chi connectivity index (χ2v) is 7.34. The molecule has 2 aromatic rings. The van der Waals surface area contributed by atoms with Crippen LogP contribution in [0.1, 0.15) is 36.3 Å². The minimum atomic E-state index is -0.397. The lowest BCUT2D eigenvalue weighted by molar-refractivity contribution is -0.115. The number of methoxy groups -OCH3 is 1. The molecule has 0 bridgehead atoms. The van der Waals surface area contributed by atoms with Crippen molar-refractivity contribution < 1.29 is 14.3 Å². The largest absolute Gasteiger partial charge is 0.497 e. The fourth-order valence-electron chi connectivity index (χ4n) is 3.70. The molecule has 2 aromatic carbocycles.